The topological polar surface area (TPSA) is 87.3 Å². The van der Waals surface area contributed by atoms with E-state index in [0.29, 0.717) is 25.2 Å². The second-order valence-corrected chi connectivity index (χ2v) is 7.35. The number of imidazole rings is 1. The maximum atomic E-state index is 12.7. The van der Waals surface area contributed by atoms with Gasteiger partial charge in [0, 0.05) is 25.2 Å². The molecule has 1 fully saturated rings. The lowest BCUT2D eigenvalue weighted by atomic mass is 10.1. The minimum Gasteiger partial charge on any atom is -0.496 e. The number of ether oxygens (including phenoxy) is 1. The Hall–Kier alpha value is -3.35. The van der Waals surface area contributed by atoms with E-state index in [4.69, 9.17) is 4.74 Å². The van der Waals surface area contributed by atoms with Gasteiger partial charge in [-0.3, -0.25) is 9.59 Å². The van der Waals surface area contributed by atoms with Gasteiger partial charge < -0.3 is 19.9 Å². The number of likely N-dealkylation sites (tertiary alicyclic amines) is 1. The molecule has 7 heteroatoms. The predicted molar refractivity (Wildman–Crippen MR) is 111 cm³/mol. The fourth-order valence-corrected chi connectivity index (χ4v) is 3.79. The number of fused-ring (bicyclic) bond motifs is 1. The molecule has 1 aliphatic rings. The van der Waals surface area contributed by atoms with Crippen LogP contribution in [0.1, 0.15) is 17.8 Å². The van der Waals surface area contributed by atoms with Crippen molar-refractivity contribution in [2.24, 2.45) is 5.92 Å². The van der Waals surface area contributed by atoms with E-state index in [1.807, 2.05) is 49.4 Å². The molecule has 3 aromatic rings. The Morgan fingerprint density at radius 2 is 2.14 bits per heavy atom. The summed E-state index contributed by atoms with van der Waals surface area (Å²) in [6, 6.07) is 13.4. The van der Waals surface area contributed by atoms with Crippen molar-refractivity contribution in [1.82, 2.24) is 14.9 Å². The van der Waals surface area contributed by atoms with Gasteiger partial charge in [-0.2, -0.15) is 0 Å². The molecule has 0 unspecified atom stereocenters. The van der Waals surface area contributed by atoms with Crippen LogP contribution in [-0.2, 0) is 16.0 Å². The molecule has 1 aromatic heterocycles. The summed E-state index contributed by atoms with van der Waals surface area (Å²) in [5.41, 5.74) is 3.49. The fraction of sp³-hybridized carbons (Fsp3) is 0.318. The molecular weight excluding hydrogens is 368 g/mol. The van der Waals surface area contributed by atoms with Crippen LogP contribution in [0.25, 0.3) is 11.0 Å². The summed E-state index contributed by atoms with van der Waals surface area (Å²) >= 11 is 0. The third kappa shape index (κ3) is 4.08. The molecule has 1 atom stereocenters. The van der Waals surface area contributed by atoms with E-state index >= 15 is 0 Å². The van der Waals surface area contributed by atoms with E-state index in [9.17, 15) is 9.59 Å². The maximum Gasteiger partial charge on any atom is 0.229 e. The zero-order chi connectivity index (χ0) is 20.4. The van der Waals surface area contributed by atoms with Crippen molar-refractivity contribution in [3.8, 4) is 5.75 Å². The highest BCUT2D eigenvalue weighted by Crippen LogP contribution is 2.24. The summed E-state index contributed by atoms with van der Waals surface area (Å²) in [7, 11) is 1.64. The Morgan fingerprint density at radius 1 is 1.31 bits per heavy atom. The summed E-state index contributed by atoms with van der Waals surface area (Å²) in [6.07, 6.45) is 0.934. The van der Waals surface area contributed by atoms with Gasteiger partial charge in [-0.25, -0.2) is 4.98 Å². The van der Waals surface area contributed by atoms with E-state index in [1.165, 1.54) is 0 Å². The first kappa shape index (κ1) is 19.0. The Kier molecular flexibility index (Phi) is 5.20. The van der Waals surface area contributed by atoms with E-state index in [-0.39, 0.29) is 24.2 Å². The number of nitrogens with one attached hydrogen (secondary N) is 2. The zero-order valence-corrected chi connectivity index (χ0v) is 16.6. The first-order chi connectivity index (χ1) is 14.0. The highest BCUT2D eigenvalue weighted by atomic mass is 16.5. The number of rotatable bonds is 6. The normalized spacial score (nSPS) is 16.4. The molecule has 7 nitrogen and oxygen atoms in total. The van der Waals surface area contributed by atoms with Crippen LogP contribution >= 0.6 is 0 Å². The number of hydrogen-bond donors (Lipinski definition) is 2. The lowest BCUT2D eigenvalue weighted by molar-refractivity contribution is -0.128. The highest BCUT2D eigenvalue weighted by Gasteiger charge is 2.34. The maximum absolute atomic E-state index is 12.7. The molecule has 0 spiro atoms. The highest BCUT2D eigenvalue weighted by molar-refractivity contribution is 5.98. The number of aromatic amines is 1. The third-order valence-corrected chi connectivity index (χ3v) is 5.30. The van der Waals surface area contributed by atoms with Gasteiger partial charge in [0.15, 0.2) is 0 Å². The van der Waals surface area contributed by atoms with Crippen LogP contribution in [0.2, 0.25) is 0 Å². The predicted octanol–water partition coefficient (Wildman–Crippen LogP) is 2.91. The number of methoxy groups -OCH3 is 1. The van der Waals surface area contributed by atoms with E-state index < -0.39 is 0 Å². The van der Waals surface area contributed by atoms with Gasteiger partial charge in [-0.05, 0) is 43.2 Å². The summed E-state index contributed by atoms with van der Waals surface area (Å²) in [6.45, 7) is 2.90. The first-order valence-corrected chi connectivity index (χ1v) is 9.70. The molecule has 1 saturated heterocycles. The molecule has 2 N–H and O–H groups in total. The van der Waals surface area contributed by atoms with Gasteiger partial charge in [0.1, 0.15) is 11.6 Å². The van der Waals surface area contributed by atoms with Gasteiger partial charge in [-0.15, -0.1) is 0 Å². The number of nitrogens with zero attached hydrogens (tertiary/aromatic N) is 2. The minimum absolute atomic E-state index is 0.0136. The smallest absolute Gasteiger partial charge is 0.229 e. The van der Waals surface area contributed by atoms with Gasteiger partial charge in [-0.1, -0.05) is 18.2 Å². The van der Waals surface area contributed by atoms with Crippen molar-refractivity contribution in [1.29, 1.82) is 0 Å². The van der Waals surface area contributed by atoms with Crippen molar-refractivity contribution >= 4 is 28.5 Å². The fourth-order valence-electron chi connectivity index (χ4n) is 3.79. The number of H-pyrrole nitrogens is 1. The van der Waals surface area contributed by atoms with Gasteiger partial charge in [0.05, 0.1) is 24.1 Å². The number of anilines is 1. The molecule has 2 aromatic carbocycles. The number of carbonyl (C=O) groups excluding carboxylic acids is 2. The Morgan fingerprint density at radius 3 is 2.97 bits per heavy atom. The SMILES string of the molecule is COc1ccccc1CCN1C[C@@H](C(=O)Nc2ccc3nc(C)[nH]c3c2)CC1=O. The Labute approximate surface area is 169 Å². The lowest BCUT2D eigenvalue weighted by Gasteiger charge is -2.17. The Bertz CT molecular complexity index is 1060. The largest absolute Gasteiger partial charge is 0.496 e. The molecule has 0 aliphatic carbocycles. The van der Waals surface area contributed by atoms with Crippen LogP contribution in [0.5, 0.6) is 5.75 Å². The number of hydrogen-bond acceptors (Lipinski definition) is 4. The van der Waals surface area contributed by atoms with Crippen molar-refractivity contribution in [2.75, 3.05) is 25.5 Å². The number of aromatic nitrogens is 2. The number of aryl methyl sites for hydroxylation is 1. The zero-order valence-electron chi connectivity index (χ0n) is 16.6. The van der Waals surface area contributed by atoms with Crippen LogP contribution < -0.4 is 10.1 Å². The molecule has 2 amide bonds. The molecule has 1 aliphatic heterocycles. The van der Waals surface area contributed by atoms with Crippen molar-refractivity contribution in [3.05, 3.63) is 53.9 Å². The summed E-state index contributed by atoms with van der Waals surface area (Å²) in [4.78, 5) is 34.4. The van der Waals surface area contributed by atoms with Crippen LogP contribution in [0.4, 0.5) is 5.69 Å². The molecule has 4 rings (SSSR count). The number of amides is 2. The van der Waals surface area contributed by atoms with Crippen LogP contribution in [0, 0.1) is 12.8 Å². The second kappa shape index (κ2) is 7.95. The summed E-state index contributed by atoms with van der Waals surface area (Å²) in [5, 5.41) is 2.93. The van der Waals surface area contributed by atoms with E-state index in [1.54, 1.807) is 12.0 Å². The van der Waals surface area contributed by atoms with Crippen LogP contribution in [-0.4, -0.2) is 46.9 Å². The van der Waals surface area contributed by atoms with Crippen molar-refractivity contribution in [3.63, 3.8) is 0 Å². The second-order valence-electron chi connectivity index (χ2n) is 7.35. The van der Waals surface area contributed by atoms with E-state index in [0.717, 1.165) is 28.2 Å². The molecule has 29 heavy (non-hydrogen) atoms. The third-order valence-electron chi connectivity index (χ3n) is 5.30. The van der Waals surface area contributed by atoms with E-state index in [2.05, 4.69) is 15.3 Å². The summed E-state index contributed by atoms with van der Waals surface area (Å²) in [5.74, 6) is 1.18. The molecule has 0 saturated carbocycles. The summed E-state index contributed by atoms with van der Waals surface area (Å²) < 4.78 is 5.37. The van der Waals surface area contributed by atoms with Gasteiger partial charge in [0.25, 0.3) is 0 Å². The number of benzene rings is 2. The van der Waals surface area contributed by atoms with Crippen LogP contribution in [0.15, 0.2) is 42.5 Å². The molecule has 150 valence electrons. The Balaban J connectivity index is 1.37. The number of para-hydroxylation sites is 1. The quantitative estimate of drug-likeness (QED) is 0.675. The standard InChI is InChI=1S/C22H24N4O3/c1-14-23-18-8-7-17(12-19(18)24-14)25-22(28)16-11-21(27)26(13-16)10-9-15-5-3-4-6-20(15)29-2/h3-8,12,16H,9-11,13H2,1-2H3,(H,23,24)(H,25,28)/t16-/m0/s1. The van der Waals surface area contributed by atoms with Crippen LogP contribution in [0.3, 0.4) is 0 Å². The molecule has 0 radical (unpaired) electrons. The minimum atomic E-state index is -0.348. The molecular formula is C22H24N4O3. The average Bonchev–Trinajstić information content (AvgIpc) is 3.27. The number of carbonyl (C=O) groups is 2. The molecule has 0 bridgehead atoms. The monoisotopic (exact) mass is 392 g/mol. The van der Waals surface area contributed by atoms with Crippen molar-refractivity contribution in [2.45, 2.75) is 19.8 Å². The lowest BCUT2D eigenvalue weighted by Crippen LogP contribution is -2.30. The molecule has 2 heterocycles. The van der Waals surface area contributed by atoms with Gasteiger partial charge >= 0.3 is 0 Å². The average molecular weight is 392 g/mol. The van der Waals surface area contributed by atoms with Gasteiger partial charge in [0.2, 0.25) is 11.8 Å². The van der Waals surface area contributed by atoms with Crippen molar-refractivity contribution < 1.29 is 14.3 Å². The first-order valence-electron chi connectivity index (χ1n) is 9.70.